The number of hydrogen-bond acceptors (Lipinski definition) is 2. The average Bonchev–Trinajstić information content (AvgIpc) is 2.62. The smallest absolute Gasteiger partial charge is 0.332 e. The van der Waals surface area contributed by atoms with Crippen LogP contribution in [0.3, 0.4) is 0 Å². The van der Waals surface area contributed by atoms with E-state index in [2.05, 4.69) is 32.1 Å². The number of fused-ring (bicyclic) bond motifs is 2. The number of carbonyl (C=O) groups excluding carboxylic acids is 1. The molecule has 0 aromatic carbocycles. The zero-order chi connectivity index (χ0) is 13.3. The summed E-state index contributed by atoms with van der Waals surface area (Å²) >= 11 is 0. The molecule has 0 N–H and O–H groups in total. The Morgan fingerprint density at radius 1 is 1.24 bits per heavy atom. The summed E-state index contributed by atoms with van der Waals surface area (Å²) in [7, 11) is 1.33. The molecule has 0 amide bonds. The van der Waals surface area contributed by atoms with E-state index in [0.717, 1.165) is 5.92 Å². The number of ether oxygens (including phenoxy) is 1. The second kappa shape index (κ2) is 4.83. The number of esters is 1. The first-order valence-electron chi connectivity index (χ1n) is 6.48. The largest absolute Gasteiger partial charge is 0.466 e. The van der Waals surface area contributed by atoms with Crippen molar-refractivity contribution < 1.29 is 9.53 Å². The molecule has 2 aliphatic carbocycles. The fourth-order valence-electron chi connectivity index (χ4n) is 3.29. The van der Waals surface area contributed by atoms with E-state index in [1.807, 2.05) is 0 Å². The number of rotatable bonds is 1. The van der Waals surface area contributed by atoms with Crippen molar-refractivity contribution in [3.05, 3.63) is 12.2 Å². The van der Waals surface area contributed by atoms with E-state index in [0.29, 0.717) is 16.4 Å². The summed E-state index contributed by atoms with van der Waals surface area (Å²) in [5, 5.41) is 0. The van der Waals surface area contributed by atoms with Gasteiger partial charge in [0.1, 0.15) is 0 Å². The number of carbonyl (C=O) groups is 1. The van der Waals surface area contributed by atoms with Gasteiger partial charge >= 0.3 is 5.97 Å². The molecule has 0 radical (unpaired) electrons. The Kier molecular flexibility index (Phi) is 4.06. The molecule has 17 heavy (non-hydrogen) atoms. The van der Waals surface area contributed by atoms with Crippen LogP contribution >= 0.6 is 0 Å². The van der Waals surface area contributed by atoms with Crippen molar-refractivity contribution in [1.29, 1.82) is 0 Å². The molecule has 2 fully saturated rings. The first-order valence-corrected chi connectivity index (χ1v) is 6.48. The maximum Gasteiger partial charge on any atom is 0.332 e. The van der Waals surface area contributed by atoms with Gasteiger partial charge in [-0.2, -0.15) is 0 Å². The lowest BCUT2D eigenvalue weighted by Gasteiger charge is -2.34. The van der Waals surface area contributed by atoms with Gasteiger partial charge in [0.05, 0.1) is 7.11 Å². The molecule has 0 saturated heterocycles. The summed E-state index contributed by atoms with van der Waals surface area (Å²) in [6, 6.07) is 0. The van der Waals surface area contributed by atoms with Crippen molar-refractivity contribution in [2.24, 2.45) is 16.7 Å². The van der Waals surface area contributed by atoms with Gasteiger partial charge < -0.3 is 4.74 Å². The highest BCUT2D eigenvalue weighted by molar-refractivity contribution is 5.86. The van der Waals surface area contributed by atoms with E-state index in [1.165, 1.54) is 32.8 Å². The molecule has 98 valence electrons. The van der Waals surface area contributed by atoms with Crippen LogP contribution in [-0.4, -0.2) is 13.1 Å². The highest BCUT2D eigenvalue weighted by Crippen LogP contribution is 2.65. The fourth-order valence-corrected chi connectivity index (χ4v) is 3.29. The van der Waals surface area contributed by atoms with Crippen LogP contribution in [0, 0.1) is 16.7 Å². The van der Waals surface area contributed by atoms with Crippen LogP contribution in [0.4, 0.5) is 0 Å². The van der Waals surface area contributed by atoms with Crippen LogP contribution in [0.2, 0.25) is 0 Å². The van der Waals surface area contributed by atoms with Crippen LogP contribution in [0.5, 0.6) is 0 Å². The summed E-state index contributed by atoms with van der Waals surface area (Å²) in [6.45, 7) is 12.4. The van der Waals surface area contributed by atoms with Gasteiger partial charge in [-0.1, -0.05) is 27.4 Å². The van der Waals surface area contributed by atoms with Crippen molar-refractivity contribution in [2.45, 2.75) is 53.4 Å². The van der Waals surface area contributed by atoms with Crippen LogP contribution in [0.25, 0.3) is 0 Å². The van der Waals surface area contributed by atoms with E-state index >= 15 is 0 Å². The molecule has 0 atom stereocenters. The zero-order valence-electron chi connectivity index (χ0n) is 11.9. The third-order valence-corrected chi connectivity index (χ3v) is 5.20. The Bertz CT molecular complexity index is 304. The zero-order valence-corrected chi connectivity index (χ0v) is 11.9. The Balaban J connectivity index is 0.000000185. The molecule has 2 aliphatic rings. The maximum atomic E-state index is 10.2. The van der Waals surface area contributed by atoms with Gasteiger partial charge in [0.2, 0.25) is 0 Å². The van der Waals surface area contributed by atoms with Gasteiger partial charge in [0, 0.05) is 5.57 Å². The van der Waals surface area contributed by atoms with Gasteiger partial charge in [0.25, 0.3) is 0 Å². The molecule has 2 bridgehead atoms. The Morgan fingerprint density at radius 2 is 1.71 bits per heavy atom. The van der Waals surface area contributed by atoms with Crippen LogP contribution in [0.1, 0.15) is 53.4 Å². The summed E-state index contributed by atoms with van der Waals surface area (Å²) in [5.74, 6) is 0.706. The minimum Gasteiger partial charge on any atom is -0.466 e. The Morgan fingerprint density at radius 3 is 1.76 bits per heavy atom. The lowest BCUT2D eigenvalue weighted by atomic mass is 9.71. The summed E-state index contributed by atoms with van der Waals surface area (Å²) < 4.78 is 4.27. The first kappa shape index (κ1) is 14.3. The first-order chi connectivity index (χ1) is 7.74. The molecule has 2 heteroatoms. The monoisotopic (exact) mass is 238 g/mol. The Labute approximate surface area is 105 Å². The lowest BCUT2D eigenvalue weighted by molar-refractivity contribution is -0.136. The van der Waals surface area contributed by atoms with E-state index in [9.17, 15) is 4.79 Å². The fraction of sp³-hybridized carbons (Fsp3) is 0.800. The van der Waals surface area contributed by atoms with E-state index < -0.39 is 0 Å². The van der Waals surface area contributed by atoms with E-state index in [4.69, 9.17) is 0 Å². The molecule has 0 heterocycles. The topological polar surface area (TPSA) is 26.3 Å². The van der Waals surface area contributed by atoms with Crippen molar-refractivity contribution in [2.75, 3.05) is 7.11 Å². The minimum absolute atomic E-state index is 0.347. The van der Waals surface area contributed by atoms with Gasteiger partial charge in [-0.05, 0) is 49.4 Å². The van der Waals surface area contributed by atoms with Crippen LogP contribution < -0.4 is 0 Å². The molecule has 0 spiro atoms. The number of methoxy groups -OCH3 is 1. The molecular formula is C15H26O2. The summed E-state index contributed by atoms with van der Waals surface area (Å²) in [6.07, 6.45) is 5.99. The van der Waals surface area contributed by atoms with Crippen LogP contribution in [0.15, 0.2) is 12.2 Å². The van der Waals surface area contributed by atoms with E-state index in [1.54, 1.807) is 6.92 Å². The predicted octanol–water partition coefficient (Wildman–Crippen LogP) is 3.96. The molecule has 0 aromatic heterocycles. The minimum atomic E-state index is -0.347. The van der Waals surface area contributed by atoms with Crippen molar-refractivity contribution in [1.82, 2.24) is 0 Å². The van der Waals surface area contributed by atoms with Gasteiger partial charge in [-0.3, -0.25) is 0 Å². The molecule has 2 rings (SSSR count). The summed E-state index contributed by atoms with van der Waals surface area (Å²) in [4.78, 5) is 10.2. The molecule has 2 saturated carbocycles. The van der Waals surface area contributed by atoms with Gasteiger partial charge in [-0.15, -0.1) is 0 Å². The van der Waals surface area contributed by atoms with Crippen LogP contribution in [-0.2, 0) is 9.53 Å². The highest BCUT2D eigenvalue weighted by atomic mass is 16.5. The Hall–Kier alpha value is -0.790. The van der Waals surface area contributed by atoms with E-state index in [-0.39, 0.29) is 5.97 Å². The quantitative estimate of drug-likeness (QED) is 0.510. The normalized spacial score (nSPS) is 32.6. The second-order valence-electron chi connectivity index (χ2n) is 6.33. The average molecular weight is 238 g/mol. The molecular weight excluding hydrogens is 212 g/mol. The lowest BCUT2D eigenvalue weighted by Crippen LogP contribution is -2.26. The van der Waals surface area contributed by atoms with Gasteiger partial charge in [0.15, 0.2) is 0 Å². The standard InChI is InChI=1S/C10H18.C5H8O2/c1-9(2)8-4-6-10(9,3)7-5-8;1-4(2)5(6)7-3/h8H,4-7H2,1-3H3;1H2,2-3H3. The van der Waals surface area contributed by atoms with Crippen molar-refractivity contribution in [3.63, 3.8) is 0 Å². The number of hydrogen-bond donors (Lipinski definition) is 0. The highest BCUT2D eigenvalue weighted by Gasteiger charge is 2.55. The summed E-state index contributed by atoms with van der Waals surface area (Å²) in [5.41, 5.74) is 1.80. The third kappa shape index (κ3) is 2.56. The van der Waals surface area contributed by atoms with Gasteiger partial charge in [-0.25, -0.2) is 4.79 Å². The second-order valence-corrected chi connectivity index (χ2v) is 6.33. The molecule has 0 unspecified atom stereocenters. The van der Waals surface area contributed by atoms with Crippen molar-refractivity contribution >= 4 is 5.97 Å². The van der Waals surface area contributed by atoms with Crippen molar-refractivity contribution in [3.8, 4) is 0 Å². The molecule has 2 nitrogen and oxygen atoms in total. The predicted molar refractivity (Wildman–Crippen MR) is 70.7 cm³/mol. The SMILES string of the molecule is C=C(C)C(=O)OC.CC12CCC(CC1)C2(C)C. The molecule has 0 aliphatic heterocycles. The maximum absolute atomic E-state index is 10.2. The molecule has 0 aromatic rings. The third-order valence-electron chi connectivity index (χ3n) is 5.20.